The summed E-state index contributed by atoms with van der Waals surface area (Å²) in [5, 5.41) is 5.74. The zero-order valence-electron chi connectivity index (χ0n) is 22.7. The number of carbonyl (C=O) groups is 3. The Morgan fingerprint density at radius 2 is 1.57 bits per heavy atom. The van der Waals surface area contributed by atoms with Gasteiger partial charge in [0.15, 0.2) is 0 Å². The standard InChI is InChI=1S/C30H39N7O3/c31-14-17-37(18-15-32)28(38)19-26(33)29(39)36-27(13-12-22-7-2-1-3-8-22)30(40)35-21-24-9-4-5-11-25(24)23-10-6-16-34-20-23/h1-11,16,20,26-27H,12-15,17-19,21,31-33H2,(H,35,40)(H,36,39)/t26-,27-/m0/s1. The Balaban J connectivity index is 1.69. The van der Waals surface area contributed by atoms with Crippen LogP contribution in [-0.2, 0) is 27.3 Å². The van der Waals surface area contributed by atoms with Crippen molar-refractivity contribution in [2.45, 2.75) is 37.9 Å². The lowest BCUT2D eigenvalue weighted by atomic mass is 10.0. The molecule has 10 nitrogen and oxygen atoms in total. The largest absolute Gasteiger partial charge is 0.350 e. The third-order valence-corrected chi connectivity index (χ3v) is 6.52. The number of benzene rings is 2. The molecule has 0 aliphatic heterocycles. The number of rotatable bonds is 15. The number of pyridine rings is 1. The van der Waals surface area contributed by atoms with Crippen LogP contribution in [0.3, 0.4) is 0 Å². The normalized spacial score (nSPS) is 12.3. The molecule has 8 N–H and O–H groups in total. The number of amides is 3. The van der Waals surface area contributed by atoms with E-state index in [9.17, 15) is 14.4 Å². The van der Waals surface area contributed by atoms with Crippen LogP contribution < -0.4 is 27.8 Å². The van der Waals surface area contributed by atoms with Gasteiger partial charge in [-0.1, -0.05) is 60.7 Å². The molecule has 3 amide bonds. The maximum Gasteiger partial charge on any atom is 0.242 e. The minimum Gasteiger partial charge on any atom is -0.350 e. The van der Waals surface area contributed by atoms with Gasteiger partial charge in [-0.2, -0.15) is 0 Å². The van der Waals surface area contributed by atoms with Crippen LogP contribution in [0.2, 0.25) is 0 Å². The van der Waals surface area contributed by atoms with Crippen molar-refractivity contribution in [3.8, 4) is 11.1 Å². The Kier molecular flexibility index (Phi) is 12.2. The molecule has 0 fully saturated rings. The van der Waals surface area contributed by atoms with E-state index in [1.165, 1.54) is 4.90 Å². The van der Waals surface area contributed by atoms with Crippen LogP contribution in [0.15, 0.2) is 79.1 Å². The monoisotopic (exact) mass is 545 g/mol. The first-order valence-corrected chi connectivity index (χ1v) is 13.5. The number of nitrogens with one attached hydrogen (secondary N) is 2. The molecule has 0 radical (unpaired) electrons. The zero-order valence-corrected chi connectivity index (χ0v) is 22.7. The Labute approximate surface area is 235 Å². The Hall–Kier alpha value is -4.12. The van der Waals surface area contributed by atoms with Gasteiger partial charge in [-0.3, -0.25) is 19.4 Å². The first-order chi connectivity index (χ1) is 19.4. The van der Waals surface area contributed by atoms with Crippen molar-refractivity contribution < 1.29 is 14.4 Å². The fraction of sp³-hybridized carbons (Fsp3) is 0.333. The van der Waals surface area contributed by atoms with Crippen LogP contribution in [0.25, 0.3) is 11.1 Å². The minimum absolute atomic E-state index is 0.211. The number of nitrogens with two attached hydrogens (primary N) is 3. The summed E-state index contributed by atoms with van der Waals surface area (Å²) in [6.45, 7) is 1.47. The topological polar surface area (TPSA) is 169 Å². The summed E-state index contributed by atoms with van der Waals surface area (Å²) >= 11 is 0. The molecule has 1 aromatic heterocycles. The van der Waals surface area contributed by atoms with Crippen molar-refractivity contribution in [1.82, 2.24) is 20.5 Å². The summed E-state index contributed by atoms with van der Waals surface area (Å²) in [5.74, 6) is -1.22. The molecule has 0 unspecified atom stereocenters. The Morgan fingerprint density at radius 3 is 2.25 bits per heavy atom. The lowest BCUT2D eigenvalue weighted by Gasteiger charge is -2.24. The summed E-state index contributed by atoms with van der Waals surface area (Å²) in [4.78, 5) is 44.7. The van der Waals surface area contributed by atoms with Gasteiger partial charge in [-0.15, -0.1) is 0 Å². The molecule has 0 aliphatic carbocycles. The van der Waals surface area contributed by atoms with Gasteiger partial charge in [0.05, 0.1) is 12.5 Å². The van der Waals surface area contributed by atoms with Crippen molar-refractivity contribution >= 4 is 17.7 Å². The van der Waals surface area contributed by atoms with Crippen LogP contribution in [0.1, 0.15) is 24.0 Å². The van der Waals surface area contributed by atoms with Crippen molar-refractivity contribution in [2.24, 2.45) is 17.2 Å². The average Bonchev–Trinajstić information content (AvgIpc) is 2.98. The molecule has 3 rings (SSSR count). The number of hydrogen-bond acceptors (Lipinski definition) is 7. The van der Waals surface area contributed by atoms with E-state index in [0.717, 1.165) is 22.3 Å². The van der Waals surface area contributed by atoms with E-state index in [2.05, 4.69) is 15.6 Å². The number of carbonyl (C=O) groups excluding carboxylic acids is 3. The highest BCUT2D eigenvalue weighted by molar-refractivity contribution is 5.92. The molecule has 212 valence electrons. The second-order valence-corrected chi connectivity index (χ2v) is 9.47. The second-order valence-electron chi connectivity index (χ2n) is 9.47. The molecule has 3 aromatic rings. The van der Waals surface area contributed by atoms with Crippen molar-refractivity contribution in [3.05, 3.63) is 90.3 Å². The number of nitrogens with zero attached hydrogens (tertiary/aromatic N) is 2. The van der Waals surface area contributed by atoms with E-state index >= 15 is 0 Å². The third-order valence-electron chi connectivity index (χ3n) is 6.52. The molecular weight excluding hydrogens is 506 g/mol. The van der Waals surface area contributed by atoms with E-state index in [-0.39, 0.29) is 37.9 Å². The highest BCUT2D eigenvalue weighted by Gasteiger charge is 2.26. The molecule has 1 heterocycles. The van der Waals surface area contributed by atoms with E-state index < -0.39 is 18.0 Å². The van der Waals surface area contributed by atoms with Gasteiger partial charge in [0, 0.05) is 50.7 Å². The zero-order chi connectivity index (χ0) is 28.7. The van der Waals surface area contributed by atoms with Crippen LogP contribution in [0.5, 0.6) is 0 Å². The van der Waals surface area contributed by atoms with Crippen LogP contribution >= 0.6 is 0 Å². The molecule has 10 heteroatoms. The van der Waals surface area contributed by atoms with Gasteiger partial charge in [-0.25, -0.2) is 0 Å². The Morgan fingerprint density at radius 1 is 0.875 bits per heavy atom. The number of hydrogen-bond donors (Lipinski definition) is 5. The smallest absolute Gasteiger partial charge is 0.242 e. The SMILES string of the molecule is NCCN(CCN)C(=O)C[C@H](N)C(=O)N[C@@H](CCc1ccccc1)C(=O)NCc1ccccc1-c1cccnc1. The van der Waals surface area contributed by atoms with Gasteiger partial charge in [0.2, 0.25) is 17.7 Å². The Bertz CT molecular complexity index is 1220. The summed E-state index contributed by atoms with van der Waals surface area (Å²) in [6.07, 6.45) is 4.20. The van der Waals surface area contributed by atoms with E-state index in [1.54, 1.807) is 12.4 Å². The van der Waals surface area contributed by atoms with E-state index in [1.807, 2.05) is 66.7 Å². The van der Waals surface area contributed by atoms with E-state index in [0.29, 0.717) is 25.9 Å². The van der Waals surface area contributed by atoms with Crippen molar-refractivity contribution in [3.63, 3.8) is 0 Å². The summed E-state index contributed by atoms with van der Waals surface area (Å²) in [7, 11) is 0. The van der Waals surface area contributed by atoms with Gasteiger partial charge < -0.3 is 32.7 Å². The predicted molar refractivity (Wildman–Crippen MR) is 155 cm³/mol. The van der Waals surface area contributed by atoms with Gasteiger partial charge in [0.25, 0.3) is 0 Å². The molecule has 40 heavy (non-hydrogen) atoms. The first-order valence-electron chi connectivity index (χ1n) is 13.5. The highest BCUT2D eigenvalue weighted by Crippen LogP contribution is 2.22. The van der Waals surface area contributed by atoms with Crippen LogP contribution in [0, 0.1) is 0 Å². The maximum absolute atomic E-state index is 13.4. The summed E-state index contributed by atoms with van der Waals surface area (Å²) in [6, 6.07) is 19.3. The van der Waals surface area contributed by atoms with Crippen molar-refractivity contribution in [2.75, 3.05) is 26.2 Å². The summed E-state index contributed by atoms with van der Waals surface area (Å²) < 4.78 is 0. The number of aryl methyl sites for hydroxylation is 1. The lowest BCUT2D eigenvalue weighted by Crippen LogP contribution is -2.53. The fourth-order valence-electron chi connectivity index (χ4n) is 4.37. The molecule has 2 aromatic carbocycles. The molecule has 0 spiro atoms. The minimum atomic E-state index is -1.12. The lowest BCUT2D eigenvalue weighted by molar-refractivity contribution is -0.135. The summed E-state index contributed by atoms with van der Waals surface area (Å²) in [5.41, 5.74) is 21.1. The first kappa shape index (κ1) is 30.4. The maximum atomic E-state index is 13.4. The predicted octanol–water partition coefficient (Wildman–Crippen LogP) is 0.946. The molecule has 0 saturated heterocycles. The van der Waals surface area contributed by atoms with Gasteiger partial charge >= 0.3 is 0 Å². The molecule has 0 saturated carbocycles. The molecular formula is C30H39N7O3. The fourth-order valence-corrected chi connectivity index (χ4v) is 4.37. The van der Waals surface area contributed by atoms with Gasteiger partial charge in [-0.05, 0) is 35.6 Å². The van der Waals surface area contributed by atoms with Crippen molar-refractivity contribution in [1.29, 1.82) is 0 Å². The second kappa shape index (κ2) is 16.1. The molecule has 0 aliphatic rings. The highest BCUT2D eigenvalue weighted by atomic mass is 16.2. The number of aromatic nitrogens is 1. The molecule has 0 bridgehead atoms. The average molecular weight is 546 g/mol. The van der Waals surface area contributed by atoms with Crippen LogP contribution in [0.4, 0.5) is 0 Å². The van der Waals surface area contributed by atoms with Gasteiger partial charge in [0.1, 0.15) is 6.04 Å². The molecule has 2 atom stereocenters. The van der Waals surface area contributed by atoms with E-state index in [4.69, 9.17) is 17.2 Å². The van der Waals surface area contributed by atoms with Crippen LogP contribution in [-0.4, -0.2) is 65.9 Å². The quantitative estimate of drug-likeness (QED) is 0.189. The third kappa shape index (κ3) is 9.26.